The van der Waals surface area contributed by atoms with Crippen LogP contribution in [0.3, 0.4) is 0 Å². The van der Waals surface area contributed by atoms with Crippen molar-refractivity contribution in [3.8, 4) is 0 Å². The van der Waals surface area contributed by atoms with Gasteiger partial charge >= 0.3 is 12.1 Å². The molecule has 0 radical (unpaired) electrons. The zero-order valence-electron chi connectivity index (χ0n) is 12.5. The number of alkyl carbamates (subject to hydrolysis) is 1. The Morgan fingerprint density at radius 1 is 1.21 bits per heavy atom. The van der Waals surface area contributed by atoms with Crippen molar-refractivity contribution in [2.45, 2.75) is 58.6 Å². The number of methoxy groups -OCH3 is 1. The second-order valence-electron chi connectivity index (χ2n) is 6.37. The van der Waals surface area contributed by atoms with Crippen LogP contribution in [-0.2, 0) is 14.3 Å². The van der Waals surface area contributed by atoms with Crippen LogP contribution >= 0.6 is 0 Å². The SMILES string of the molecule is COC(=O)C1CC(C)CCC1OC(=O)NC(C)(C)C. The van der Waals surface area contributed by atoms with E-state index in [1.165, 1.54) is 7.11 Å². The Morgan fingerprint density at radius 3 is 2.37 bits per heavy atom. The summed E-state index contributed by atoms with van der Waals surface area (Å²) in [5.74, 6) is -0.186. The first kappa shape index (κ1) is 15.8. The van der Waals surface area contributed by atoms with Gasteiger partial charge in [0.15, 0.2) is 0 Å². The molecule has 0 aromatic carbocycles. The van der Waals surface area contributed by atoms with E-state index < -0.39 is 6.09 Å². The predicted octanol–water partition coefficient (Wildman–Crippen LogP) is 2.49. The number of amides is 1. The smallest absolute Gasteiger partial charge is 0.407 e. The van der Waals surface area contributed by atoms with E-state index in [2.05, 4.69) is 12.2 Å². The Morgan fingerprint density at radius 2 is 1.84 bits per heavy atom. The van der Waals surface area contributed by atoms with E-state index in [0.717, 1.165) is 6.42 Å². The molecule has 0 spiro atoms. The third-order valence-electron chi connectivity index (χ3n) is 3.29. The van der Waals surface area contributed by atoms with Crippen LogP contribution in [0.1, 0.15) is 47.0 Å². The highest BCUT2D eigenvalue weighted by atomic mass is 16.6. The normalized spacial score (nSPS) is 27.5. The molecule has 0 aromatic heterocycles. The van der Waals surface area contributed by atoms with Crippen molar-refractivity contribution < 1.29 is 19.1 Å². The van der Waals surface area contributed by atoms with Crippen molar-refractivity contribution in [1.82, 2.24) is 5.32 Å². The van der Waals surface area contributed by atoms with E-state index in [9.17, 15) is 9.59 Å². The molecular weight excluding hydrogens is 246 g/mol. The Balaban J connectivity index is 2.63. The molecule has 0 heterocycles. The molecule has 1 aliphatic rings. The molecule has 5 nitrogen and oxygen atoms in total. The zero-order valence-corrected chi connectivity index (χ0v) is 12.5. The molecule has 1 fully saturated rings. The lowest BCUT2D eigenvalue weighted by Crippen LogP contribution is -2.45. The summed E-state index contributed by atoms with van der Waals surface area (Å²) in [5, 5.41) is 2.74. The van der Waals surface area contributed by atoms with Gasteiger partial charge in [0.05, 0.1) is 13.0 Å². The molecule has 0 bridgehead atoms. The van der Waals surface area contributed by atoms with E-state index >= 15 is 0 Å². The standard InChI is InChI=1S/C14H25NO4/c1-9-6-7-11(10(8-9)12(16)18-5)19-13(17)15-14(2,3)4/h9-11H,6-8H2,1-5H3,(H,15,17). The molecule has 19 heavy (non-hydrogen) atoms. The Kier molecular flexibility index (Phi) is 5.20. The van der Waals surface area contributed by atoms with Crippen LogP contribution in [0.5, 0.6) is 0 Å². The first-order valence-corrected chi connectivity index (χ1v) is 6.79. The van der Waals surface area contributed by atoms with Gasteiger partial charge in [0.25, 0.3) is 0 Å². The molecule has 1 rings (SSSR count). The minimum atomic E-state index is -0.471. The number of carbonyl (C=O) groups is 2. The largest absolute Gasteiger partial charge is 0.469 e. The summed E-state index contributed by atoms with van der Waals surface area (Å²) in [4.78, 5) is 23.5. The van der Waals surface area contributed by atoms with E-state index in [1.54, 1.807) is 0 Å². The Hall–Kier alpha value is -1.26. The van der Waals surface area contributed by atoms with Gasteiger partial charge in [-0.3, -0.25) is 4.79 Å². The summed E-state index contributed by atoms with van der Waals surface area (Å²) < 4.78 is 10.2. The van der Waals surface area contributed by atoms with E-state index in [-0.39, 0.29) is 23.5 Å². The van der Waals surface area contributed by atoms with Crippen LogP contribution in [0.4, 0.5) is 4.79 Å². The fourth-order valence-electron chi connectivity index (χ4n) is 2.37. The van der Waals surface area contributed by atoms with Gasteiger partial charge < -0.3 is 14.8 Å². The highest BCUT2D eigenvalue weighted by Gasteiger charge is 2.37. The minimum Gasteiger partial charge on any atom is -0.469 e. The second-order valence-corrected chi connectivity index (χ2v) is 6.37. The molecule has 1 amide bonds. The highest BCUT2D eigenvalue weighted by molar-refractivity contribution is 5.74. The minimum absolute atomic E-state index is 0.292. The highest BCUT2D eigenvalue weighted by Crippen LogP contribution is 2.32. The fourth-order valence-corrected chi connectivity index (χ4v) is 2.37. The van der Waals surface area contributed by atoms with Crippen molar-refractivity contribution in [3.05, 3.63) is 0 Å². The van der Waals surface area contributed by atoms with Crippen LogP contribution < -0.4 is 5.32 Å². The summed E-state index contributed by atoms with van der Waals surface area (Å²) in [5.41, 5.74) is -0.347. The number of nitrogens with one attached hydrogen (secondary N) is 1. The average Bonchev–Trinajstić information content (AvgIpc) is 2.28. The van der Waals surface area contributed by atoms with Crippen LogP contribution in [0.25, 0.3) is 0 Å². The van der Waals surface area contributed by atoms with Gasteiger partial charge in [-0.1, -0.05) is 6.92 Å². The lowest BCUT2D eigenvalue weighted by molar-refractivity contribution is -0.152. The molecule has 0 aliphatic heterocycles. The average molecular weight is 271 g/mol. The lowest BCUT2D eigenvalue weighted by atomic mass is 9.80. The maximum absolute atomic E-state index is 11.8. The number of carbonyl (C=O) groups excluding carboxylic acids is 2. The second kappa shape index (κ2) is 6.26. The third kappa shape index (κ3) is 5.09. The molecule has 3 unspecified atom stereocenters. The zero-order chi connectivity index (χ0) is 14.6. The van der Waals surface area contributed by atoms with Crippen LogP contribution in [-0.4, -0.2) is 30.8 Å². The Bertz CT molecular complexity index is 335. The number of esters is 1. The molecule has 110 valence electrons. The summed E-state index contributed by atoms with van der Waals surface area (Å²) in [6.45, 7) is 7.75. The number of hydrogen-bond donors (Lipinski definition) is 1. The van der Waals surface area contributed by atoms with Gasteiger partial charge in [0.1, 0.15) is 6.10 Å². The van der Waals surface area contributed by atoms with Crippen molar-refractivity contribution in [2.75, 3.05) is 7.11 Å². The summed E-state index contributed by atoms with van der Waals surface area (Å²) in [6, 6.07) is 0. The summed E-state index contributed by atoms with van der Waals surface area (Å²) >= 11 is 0. The summed E-state index contributed by atoms with van der Waals surface area (Å²) in [7, 11) is 1.37. The molecule has 3 atom stereocenters. The van der Waals surface area contributed by atoms with Gasteiger partial charge in [0, 0.05) is 5.54 Å². The molecule has 1 aliphatic carbocycles. The quantitative estimate of drug-likeness (QED) is 0.784. The van der Waals surface area contributed by atoms with Gasteiger partial charge in [-0.25, -0.2) is 4.79 Å². The molecule has 0 aromatic rings. The van der Waals surface area contributed by atoms with Crippen molar-refractivity contribution in [1.29, 1.82) is 0 Å². The van der Waals surface area contributed by atoms with Gasteiger partial charge in [-0.2, -0.15) is 0 Å². The number of rotatable bonds is 2. The number of ether oxygens (including phenoxy) is 2. The van der Waals surface area contributed by atoms with E-state index in [4.69, 9.17) is 9.47 Å². The molecule has 5 heteroatoms. The molecule has 1 N–H and O–H groups in total. The van der Waals surface area contributed by atoms with E-state index in [0.29, 0.717) is 18.8 Å². The van der Waals surface area contributed by atoms with Gasteiger partial charge in [0.2, 0.25) is 0 Å². The molecule has 0 saturated heterocycles. The van der Waals surface area contributed by atoms with Crippen molar-refractivity contribution in [2.24, 2.45) is 11.8 Å². The Labute approximate surface area is 115 Å². The monoisotopic (exact) mass is 271 g/mol. The van der Waals surface area contributed by atoms with E-state index in [1.807, 2.05) is 20.8 Å². The van der Waals surface area contributed by atoms with Gasteiger partial charge in [-0.05, 0) is 46.0 Å². The summed E-state index contributed by atoms with van der Waals surface area (Å²) in [6.07, 6.45) is 1.52. The topological polar surface area (TPSA) is 64.6 Å². The van der Waals surface area contributed by atoms with Crippen LogP contribution in [0.15, 0.2) is 0 Å². The first-order chi connectivity index (χ1) is 8.73. The van der Waals surface area contributed by atoms with Crippen LogP contribution in [0.2, 0.25) is 0 Å². The lowest BCUT2D eigenvalue weighted by Gasteiger charge is -2.33. The van der Waals surface area contributed by atoms with Crippen molar-refractivity contribution in [3.63, 3.8) is 0 Å². The van der Waals surface area contributed by atoms with Crippen molar-refractivity contribution >= 4 is 12.1 Å². The molecular formula is C14H25NO4. The molecule has 1 saturated carbocycles. The number of hydrogen-bond acceptors (Lipinski definition) is 4. The maximum Gasteiger partial charge on any atom is 0.407 e. The van der Waals surface area contributed by atoms with Gasteiger partial charge in [-0.15, -0.1) is 0 Å². The van der Waals surface area contributed by atoms with Crippen LogP contribution in [0, 0.1) is 11.8 Å². The predicted molar refractivity (Wildman–Crippen MR) is 71.7 cm³/mol. The first-order valence-electron chi connectivity index (χ1n) is 6.79. The third-order valence-corrected chi connectivity index (χ3v) is 3.29. The maximum atomic E-state index is 11.8. The fraction of sp³-hybridized carbons (Fsp3) is 0.857.